The van der Waals surface area contributed by atoms with Crippen LogP contribution in [0.4, 0.5) is 0 Å². The van der Waals surface area contributed by atoms with Gasteiger partial charge in [0, 0.05) is 0 Å². The van der Waals surface area contributed by atoms with Crippen molar-refractivity contribution in [2.75, 3.05) is 6.54 Å². The Hall–Kier alpha value is -3.39. The van der Waals surface area contributed by atoms with Crippen LogP contribution in [-0.4, -0.2) is 12.4 Å². The van der Waals surface area contributed by atoms with Crippen LogP contribution in [0, 0.1) is 0 Å². The van der Waals surface area contributed by atoms with Crippen molar-refractivity contribution in [3.8, 4) is 11.1 Å². The van der Waals surface area contributed by atoms with Crippen LogP contribution < -0.4 is 0 Å². The van der Waals surface area contributed by atoms with E-state index in [-0.39, 0.29) is 0 Å². The van der Waals surface area contributed by atoms with E-state index in [0.29, 0.717) is 6.54 Å². The van der Waals surface area contributed by atoms with E-state index in [2.05, 4.69) is 89.2 Å². The van der Waals surface area contributed by atoms with Gasteiger partial charge in [-0.25, -0.2) is 0 Å². The third-order valence-electron chi connectivity index (χ3n) is 4.87. The number of nitrogens with zero attached hydrogens (tertiary/aromatic N) is 2. The molecule has 0 amide bonds. The minimum absolute atomic E-state index is 0.682. The maximum Gasteiger partial charge on any atom is -0.00264 e. The average Bonchev–Trinajstić information content (AvgIpc) is 2.73. The lowest BCUT2D eigenvalue weighted by Crippen LogP contribution is -2.06. The maximum atomic E-state index is 4.67. The lowest BCUT2D eigenvalue weighted by atomic mass is 9.88. The highest BCUT2D eigenvalue weighted by Crippen LogP contribution is 2.40. The van der Waals surface area contributed by atoms with E-state index >= 15 is 0 Å². The van der Waals surface area contributed by atoms with Gasteiger partial charge in [-0.3, -0.25) is 0 Å². The quantitative estimate of drug-likeness (QED) is 0.384. The number of fused-ring (bicyclic) bond motifs is 2. The van der Waals surface area contributed by atoms with Crippen molar-refractivity contribution < 1.29 is 0 Å². The smallest absolute Gasteiger partial charge is 0.00264 e. The zero-order chi connectivity index (χ0) is 17.3. The van der Waals surface area contributed by atoms with Gasteiger partial charge in [-0.1, -0.05) is 97.0 Å². The van der Waals surface area contributed by atoms with Crippen LogP contribution >= 0.6 is 0 Å². The maximum absolute atomic E-state index is 4.67. The molecule has 0 saturated carbocycles. The first-order chi connectivity index (χ1) is 12.9. The van der Waals surface area contributed by atoms with Gasteiger partial charge < -0.3 is 10.3 Å². The molecule has 0 N–H and O–H groups in total. The molecule has 0 bridgehead atoms. The average molecular weight is 333 g/mol. The second-order valence-corrected chi connectivity index (χ2v) is 6.39. The number of benzene rings is 4. The molecule has 0 unspecified atom stereocenters. The molecule has 0 atom stereocenters. The molecule has 4 aromatic carbocycles. The highest BCUT2D eigenvalue weighted by Gasteiger charge is 2.15. The summed E-state index contributed by atoms with van der Waals surface area (Å²) < 4.78 is 0. The molecule has 0 spiro atoms. The zero-order valence-corrected chi connectivity index (χ0v) is 14.3. The van der Waals surface area contributed by atoms with Gasteiger partial charge in [-0.2, -0.15) is 0 Å². The molecule has 124 valence electrons. The van der Waals surface area contributed by atoms with Crippen molar-refractivity contribution in [1.29, 1.82) is 0 Å². The Balaban J connectivity index is 1.98. The summed E-state index contributed by atoms with van der Waals surface area (Å²) in [5.41, 5.74) is 3.63. The van der Waals surface area contributed by atoms with Crippen molar-refractivity contribution in [3.63, 3.8) is 0 Å². The fraction of sp³-hybridized carbons (Fsp3) is 0.0417. The summed E-state index contributed by atoms with van der Waals surface area (Å²) in [4.78, 5) is 4.57. The number of aliphatic imine (C=N–C) groups is 1. The molecule has 5 rings (SSSR count). The predicted molar refractivity (Wildman–Crippen MR) is 111 cm³/mol. The van der Waals surface area contributed by atoms with Gasteiger partial charge in [-0.15, -0.1) is 0 Å². The normalized spacial score (nSPS) is 13.6. The summed E-state index contributed by atoms with van der Waals surface area (Å²) in [6.45, 7) is 0.682. The fourth-order valence-electron chi connectivity index (χ4n) is 3.78. The second-order valence-electron chi connectivity index (χ2n) is 6.39. The molecule has 2 nitrogen and oxygen atoms in total. The molecule has 0 aliphatic carbocycles. The van der Waals surface area contributed by atoms with Gasteiger partial charge in [0.1, 0.15) is 0 Å². The summed E-state index contributed by atoms with van der Waals surface area (Å²) in [5, 5.41) is 9.53. The summed E-state index contributed by atoms with van der Waals surface area (Å²) in [5.74, 6) is 0.819. The Kier molecular flexibility index (Phi) is 3.53. The first-order valence-electron chi connectivity index (χ1n) is 8.83. The summed E-state index contributed by atoms with van der Waals surface area (Å²) in [6, 6.07) is 27.8. The number of rotatable bonds is 2. The van der Waals surface area contributed by atoms with Crippen molar-refractivity contribution in [3.05, 3.63) is 102 Å². The molecule has 2 heteroatoms. The number of amidine groups is 1. The Bertz CT molecular complexity index is 1110. The molecule has 0 saturated heterocycles. The summed E-state index contributed by atoms with van der Waals surface area (Å²) in [7, 11) is 0. The topological polar surface area (TPSA) is 26.5 Å². The summed E-state index contributed by atoms with van der Waals surface area (Å²) in [6.07, 6.45) is 3.84. The molecule has 1 heterocycles. The van der Waals surface area contributed by atoms with Crippen LogP contribution in [-0.2, 0) is 0 Å². The van der Waals surface area contributed by atoms with Crippen LogP contribution in [0.3, 0.4) is 0 Å². The molecule has 1 aliphatic heterocycles. The Morgan fingerprint density at radius 3 is 1.69 bits per heavy atom. The van der Waals surface area contributed by atoms with E-state index in [4.69, 9.17) is 0 Å². The molecule has 26 heavy (non-hydrogen) atoms. The zero-order valence-electron chi connectivity index (χ0n) is 14.3. The number of hydrogen-bond acceptors (Lipinski definition) is 1. The van der Waals surface area contributed by atoms with Crippen LogP contribution in [0.5, 0.6) is 0 Å². The van der Waals surface area contributed by atoms with Crippen molar-refractivity contribution in [2.45, 2.75) is 0 Å². The predicted octanol–water partition coefficient (Wildman–Crippen LogP) is 6.31. The van der Waals surface area contributed by atoms with Crippen molar-refractivity contribution in [2.24, 2.45) is 4.99 Å². The second kappa shape index (κ2) is 6.16. The van der Waals surface area contributed by atoms with E-state index in [1.54, 1.807) is 0 Å². The van der Waals surface area contributed by atoms with Gasteiger partial charge >= 0.3 is 0 Å². The van der Waals surface area contributed by atoms with E-state index in [1.165, 1.54) is 32.7 Å². The monoisotopic (exact) mass is 333 g/mol. The standard InChI is InChI=1S/C24H17N2/c1-2-9-17(10-3-1)22-18-11-4-6-13-20(18)23(24-25-15-8-16-26-24)21-14-7-5-12-19(21)22/h1-15H,16H2/q-1. The largest absolute Gasteiger partial charge is 0.461 e. The van der Waals surface area contributed by atoms with Gasteiger partial charge in [0.2, 0.25) is 0 Å². The lowest BCUT2D eigenvalue weighted by Gasteiger charge is -2.25. The SMILES string of the molecule is C1=CN=C(c2c3ccccc3c(-c3ccccc3)c3ccccc23)[N-]C1. The molecular formula is C24H17N2-. The van der Waals surface area contributed by atoms with Crippen LogP contribution in [0.25, 0.3) is 38.0 Å². The molecule has 0 radical (unpaired) electrons. The van der Waals surface area contributed by atoms with Crippen LogP contribution in [0.2, 0.25) is 0 Å². The van der Waals surface area contributed by atoms with Gasteiger partial charge in [0.25, 0.3) is 0 Å². The highest BCUT2D eigenvalue weighted by atomic mass is 15.0. The third-order valence-corrected chi connectivity index (χ3v) is 4.87. The van der Waals surface area contributed by atoms with Crippen molar-refractivity contribution >= 4 is 27.4 Å². The minimum atomic E-state index is 0.682. The Morgan fingerprint density at radius 2 is 1.15 bits per heavy atom. The molecule has 4 aromatic rings. The third kappa shape index (κ3) is 2.31. The molecular weight excluding hydrogens is 316 g/mol. The Labute approximate surface area is 152 Å². The first kappa shape index (κ1) is 14.9. The van der Waals surface area contributed by atoms with E-state index < -0.39 is 0 Å². The summed E-state index contributed by atoms with van der Waals surface area (Å²) >= 11 is 0. The minimum Gasteiger partial charge on any atom is -0.461 e. The van der Waals surface area contributed by atoms with Gasteiger partial charge in [-0.05, 0) is 44.8 Å². The first-order valence-corrected chi connectivity index (χ1v) is 8.83. The highest BCUT2D eigenvalue weighted by molar-refractivity contribution is 6.28. The van der Waals surface area contributed by atoms with E-state index in [0.717, 1.165) is 11.4 Å². The lowest BCUT2D eigenvalue weighted by molar-refractivity contribution is 1.36. The van der Waals surface area contributed by atoms with Crippen LogP contribution in [0.1, 0.15) is 5.56 Å². The van der Waals surface area contributed by atoms with Crippen LogP contribution in [0.15, 0.2) is 96.1 Å². The molecule has 1 aliphatic rings. The van der Waals surface area contributed by atoms with Crippen molar-refractivity contribution in [1.82, 2.24) is 0 Å². The Morgan fingerprint density at radius 1 is 0.615 bits per heavy atom. The van der Waals surface area contributed by atoms with E-state index in [1.807, 2.05) is 12.3 Å². The molecule has 0 fully saturated rings. The number of hydrogen-bond donors (Lipinski definition) is 0. The molecule has 0 aromatic heterocycles. The van der Waals surface area contributed by atoms with Gasteiger partial charge in [0.15, 0.2) is 0 Å². The van der Waals surface area contributed by atoms with E-state index in [9.17, 15) is 0 Å². The fourth-order valence-corrected chi connectivity index (χ4v) is 3.78. The van der Waals surface area contributed by atoms with Gasteiger partial charge in [0.05, 0.1) is 0 Å².